The van der Waals surface area contributed by atoms with Crippen LogP contribution in [0.2, 0.25) is 72.5 Å². The van der Waals surface area contributed by atoms with Gasteiger partial charge in [0.25, 0.3) is 10.1 Å². The van der Waals surface area contributed by atoms with Gasteiger partial charge in [0.15, 0.2) is 33.3 Å². The maximum Gasteiger partial charge on any atom is 0.264 e. The number of fused-ring (bicyclic) bond motifs is 8. The minimum Gasteiger partial charge on any atom is -0.414 e. The molecule has 142 heavy (non-hydrogen) atoms. The number of hydrogen-bond acceptors (Lipinski definition) is 18. The zero-order valence-electron chi connectivity index (χ0n) is 88.1. The number of nitriles is 1. The number of aromatic nitrogens is 8. The predicted molar refractivity (Wildman–Crippen MR) is 588 cm³/mol. The van der Waals surface area contributed by atoms with Crippen LogP contribution < -0.4 is 21.3 Å². The molecule has 0 spiro atoms. The summed E-state index contributed by atoms with van der Waals surface area (Å²) in [5.74, 6) is 4.55. The third-order valence-corrected chi connectivity index (χ3v) is 53.4. The van der Waals surface area contributed by atoms with Gasteiger partial charge in [-0.15, -0.1) is 0 Å². The number of rotatable bonds is 27. The van der Waals surface area contributed by atoms with Crippen LogP contribution in [-0.4, -0.2) is 135 Å². The molecule has 0 saturated heterocycles. The Kier molecular flexibility index (Phi) is 30.6. The van der Waals surface area contributed by atoms with Crippen LogP contribution >= 0.6 is 0 Å². The highest BCUT2D eigenvalue weighted by Gasteiger charge is 2.50. The van der Waals surface area contributed by atoms with Crippen molar-refractivity contribution in [1.82, 2.24) is 38.2 Å². The molecule has 8 aliphatic rings. The fraction of sp³-hybridized carbons (Fsp3) is 0.530. The fourth-order valence-electron chi connectivity index (χ4n) is 22.8. The van der Waals surface area contributed by atoms with Gasteiger partial charge in [-0.3, -0.25) is 4.18 Å². The number of nitrogens with one attached hydrogen (secondary N) is 4. The molecule has 0 aliphatic heterocycles. The van der Waals surface area contributed by atoms with Crippen LogP contribution in [0.1, 0.15) is 266 Å². The van der Waals surface area contributed by atoms with Gasteiger partial charge in [0.1, 0.15) is 29.6 Å². The smallest absolute Gasteiger partial charge is 0.264 e. The third-order valence-electron chi connectivity index (χ3n) is 34.8. The van der Waals surface area contributed by atoms with Crippen molar-refractivity contribution < 1.29 is 40.2 Å². The highest BCUT2D eigenvalue weighted by atomic mass is 32.2. The molecule has 8 aliphatic carbocycles. The van der Waals surface area contributed by atoms with Crippen LogP contribution in [0.4, 0.5) is 23.3 Å². The number of aryl methyl sites for hydroxylation is 4. The summed E-state index contributed by atoms with van der Waals surface area (Å²) in [6, 6.07) is 56.8. The van der Waals surface area contributed by atoms with Crippen molar-refractivity contribution in [2.24, 2.45) is 23.7 Å². The fourth-order valence-corrected chi connectivity index (χ4v) is 28.8. The molecule has 0 bridgehead atoms. The van der Waals surface area contributed by atoms with Crippen molar-refractivity contribution in [3.63, 3.8) is 0 Å². The SMILES string of the molecule is CC(C)(C)[Si](C)(C)O[C@H]1C[C@H](n2ccc3c(N[C@H]4CCc5ccccc54)nccc32)C[C@H]1CC#N.CC(C)(C)[Si](C)(C)O[C@H]1C[C@H](n2ccc3c(N[C@H]4CCc5ccccc54)nccc32)C[C@H]1CC=O.CC(C)(C)[Si](C)(C)O[C@H]1C[C@H](n2ccc3c(N[C@H]4CCc5ccccc54)nccc32)C[C@H]1CO.CC(C)(C)[Si](C)(C)O[C@H]1C[C@H](n2ccc3c(N[C@H]4CCc5ccccc54)nccc32)C[C@H]1COS(C)(=O)=O. The van der Waals surface area contributed by atoms with Gasteiger partial charge in [-0.25, -0.2) is 19.9 Å². The van der Waals surface area contributed by atoms with E-state index in [1.54, 1.807) is 0 Å². The van der Waals surface area contributed by atoms with E-state index in [0.29, 0.717) is 49.1 Å². The lowest BCUT2D eigenvalue weighted by Crippen LogP contribution is -2.45. The van der Waals surface area contributed by atoms with Crippen LogP contribution in [0.3, 0.4) is 0 Å². The van der Waals surface area contributed by atoms with Crippen molar-refractivity contribution in [1.29, 1.82) is 5.26 Å². The van der Waals surface area contributed by atoms with Gasteiger partial charge in [-0.1, -0.05) is 180 Å². The normalized spacial score (nSPS) is 24.6. The van der Waals surface area contributed by atoms with E-state index < -0.39 is 43.4 Å². The Hall–Kier alpha value is -9.42. The maximum absolute atomic E-state index is 11.8. The Bertz CT molecular complexity index is 6610. The molecular formula is C115H157N13O9SSi4. The highest BCUT2D eigenvalue weighted by molar-refractivity contribution is 7.86. The minimum atomic E-state index is -3.52. The number of aldehydes is 1. The van der Waals surface area contributed by atoms with Crippen LogP contribution in [0.15, 0.2) is 195 Å². The predicted octanol–water partition coefficient (Wildman–Crippen LogP) is 27.4. The molecule has 8 aromatic heterocycles. The first-order valence-corrected chi connectivity index (χ1v) is 66.0. The first kappa shape index (κ1) is 104. The number of aliphatic hydroxyl groups excluding tert-OH is 1. The van der Waals surface area contributed by atoms with Crippen molar-refractivity contribution in [3.05, 3.63) is 240 Å². The Morgan fingerprint density at radius 2 is 0.648 bits per heavy atom. The van der Waals surface area contributed by atoms with E-state index in [2.05, 4.69) is 351 Å². The number of hydrogen-bond donors (Lipinski definition) is 5. The molecule has 8 heterocycles. The van der Waals surface area contributed by atoms with E-state index >= 15 is 0 Å². The highest BCUT2D eigenvalue weighted by Crippen LogP contribution is 2.53. The quantitative estimate of drug-likeness (QED) is 0.0182. The van der Waals surface area contributed by atoms with E-state index in [-0.39, 0.29) is 93.5 Å². The Balaban J connectivity index is 0.000000130. The van der Waals surface area contributed by atoms with Gasteiger partial charge < -0.3 is 67.1 Å². The molecule has 16 atom stereocenters. The van der Waals surface area contributed by atoms with Crippen molar-refractivity contribution in [2.45, 2.75) is 344 Å². The molecule has 22 nitrogen and oxygen atoms in total. The molecule has 27 heteroatoms. The molecule has 5 N–H and O–H groups in total. The summed E-state index contributed by atoms with van der Waals surface area (Å²) in [6.07, 6.45) is 36.3. The number of carbonyl (C=O) groups is 1. The van der Waals surface area contributed by atoms with Gasteiger partial charge in [-0.05, 0) is 280 Å². The van der Waals surface area contributed by atoms with Crippen molar-refractivity contribution >= 4 is 117 Å². The molecule has 4 saturated carbocycles. The molecule has 4 fully saturated rings. The Morgan fingerprint density at radius 3 is 0.923 bits per heavy atom. The topological polar surface area (TPSA) is 261 Å². The summed E-state index contributed by atoms with van der Waals surface area (Å²) >= 11 is 0. The van der Waals surface area contributed by atoms with Gasteiger partial charge in [0, 0.05) is 127 Å². The van der Waals surface area contributed by atoms with Gasteiger partial charge in [0.2, 0.25) is 0 Å². The second kappa shape index (κ2) is 41.8. The lowest BCUT2D eigenvalue weighted by atomic mass is 10.0. The second-order valence-corrected chi connectivity index (χ2v) is 68.8. The summed E-state index contributed by atoms with van der Waals surface area (Å²) in [5, 5.41) is 39.8. The largest absolute Gasteiger partial charge is 0.414 e. The third kappa shape index (κ3) is 22.4. The Labute approximate surface area is 848 Å². The van der Waals surface area contributed by atoms with E-state index in [1.807, 2.05) is 24.8 Å². The summed E-state index contributed by atoms with van der Waals surface area (Å²) in [7, 11) is -11.3. The molecule has 20 rings (SSSR count). The van der Waals surface area contributed by atoms with Crippen LogP contribution in [0.25, 0.3) is 43.6 Å². The van der Waals surface area contributed by atoms with E-state index in [4.69, 9.17) is 41.8 Å². The first-order valence-electron chi connectivity index (χ1n) is 52.5. The van der Waals surface area contributed by atoms with Crippen molar-refractivity contribution in [3.8, 4) is 6.07 Å². The lowest BCUT2D eigenvalue weighted by Gasteiger charge is -2.39. The summed E-state index contributed by atoms with van der Waals surface area (Å²) in [4.78, 5) is 30.4. The van der Waals surface area contributed by atoms with E-state index in [1.165, 1.54) is 71.8 Å². The molecular weight excluding hydrogens is 1850 g/mol. The average molecular weight is 2010 g/mol. The number of benzene rings is 4. The minimum absolute atomic E-state index is 0.00993. The summed E-state index contributed by atoms with van der Waals surface area (Å²) in [6.45, 7) is 46.0. The number of pyridine rings is 4. The Morgan fingerprint density at radius 1 is 0.387 bits per heavy atom. The number of carbonyl (C=O) groups excluding carboxylic acids is 1. The summed E-state index contributed by atoms with van der Waals surface area (Å²) in [5.41, 5.74) is 16.0. The van der Waals surface area contributed by atoms with Crippen LogP contribution in [-0.2, 0) is 62.5 Å². The van der Waals surface area contributed by atoms with Gasteiger partial charge in [0.05, 0.1) is 89.6 Å². The number of aliphatic hydroxyl groups is 1. The zero-order chi connectivity index (χ0) is 101. The van der Waals surface area contributed by atoms with E-state index in [0.717, 1.165) is 155 Å². The van der Waals surface area contributed by atoms with Crippen LogP contribution in [0, 0.1) is 35.0 Å². The lowest BCUT2D eigenvalue weighted by molar-refractivity contribution is -0.109. The molecule has 0 amide bonds. The molecule has 12 aromatic rings. The van der Waals surface area contributed by atoms with Gasteiger partial charge in [-0.2, -0.15) is 13.7 Å². The standard InChI is InChI=1S/C29H38N4OSi.C29H41N3O4SSi.C29H39N3O2Si.C28H39N3O2Si/c1-29(2,3)35(4,5)34-27-19-22(18-21(27)12-15-30)33-17-14-24-26(33)13-16-31-28(24)32-25-11-10-20-8-6-7-9-23(20)25;1-29(2,3)38(5,6)36-27-18-22(17-21(27)19-35-37(4,33)34)32-16-14-24-26(32)13-15-30-28(24)31-25-12-11-20-9-7-8-10-23(20)25;1-29(2,3)35(4,5)34-27-19-22(18-21(27)14-17-33)32-16-13-24-26(32)12-15-30-28(24)31-25-11-10-20-8-6-7-9-23(20)25;1-28(2,3)34(4,5)33-26-17-21(16-20(26)18-32)31-15-13-23-25(31)12-14-29-27(23)30-24-11-10-19-8-6-7-9-22(19)24/h6-9,13-14,16-17,21-22,25,27H,10-12,18-19H2,1-5H3,(H,31,32);7-10,13-16,21-22,25,27H,11-12,17-19H2,1-6H3,(H,30,31);6-9,12-13,15-17,21-22,25,27H,10-11,14,18-19H2,1-5H3,(H,30,31);6-9,12-15,20-21,24,26,32H,10-11,16-18H2,1-5H3,(H,29,30)/t21-,22-,25+,27+;21-,22+,25-,27-;21-,22-,25+,27+;20-,21+,24-,26-/m1010/s1. The van der Waals surface area contributed by atoms with Gasteiger partial charge >= 0.3 is 0 Å². The zero-order valence-corrected chi connectivity index (χ0v) is 92.9. The molecule has 758 valence electrons. The summed E-state index contributed by atoms with van der Waals surface area (Å²) < 4.78 is 65.8. The molecule has 0 radical (unpaired) electrons. The monoisotopic (exact) mass is 2010 g/mol. The van der Waals surface area contributed by atoms with E-state index in [9.17, 15) is 23.6 Å². The maximum atomic E-state index is 11.8. The first-order chi connectivity index (χ1) is 67.4. The second-order valence-electron chi connectivity index (χ2n) is 48.1. The van der Waals surface area contributed by atoms with Crippen LogP contribution in [0.5, 0.6) is 0 Å². The average Bonchev–Trinajstić information content (AvgIpc) is 1.63. The number of anilines is 4. The van der Waals surface area contributed by atoms with Crippen molar-refractivity contribution in [2.75, 3.05) is 40.7 Å². The molecule has 4 aromatic carbocycles. The molecule has 0 unspecified atom stereocenters. The number of nitrogens with zero attached hydrogens (tertiary/aromatic N) is 9.